The van der Waals surface area contributed by atoms with Crippen LogP contribution in [0.4, 0.5) is 0 Å². The first-order valence-corrected chi connectivity index (χ1v) is 7.39. The molecule has 0 saturated carbocycles. The highest BCUT2D eigenvalue weighted by Crippen LogP contribution is 2.39. The van der Waals surface area contributed by atoms with Crippen molar-refractivity contribution >= 4 is 0 Å². The normalized spacial score (nSPS) is 27.5. The quantitative estimate of drug-likeness (QED) is 0.718. The van der Waals surface area contributed by atoms with Gasteiger partial charge in [-0.1, -0.05) is 55.8 Å². The molecule has 19 heavy (non-hydrogen) atoms. The lowest BCUT2D eigenvalue weighted by Crippen LogP contribution is -2.25. The maximum Gasteiger partial charge on any atom is 0.0234 e. The van der Waals surface area contributed by atoms with E-state index >= 15 is 0 Å². The molecule has 0 amide bonds. The molecule has 0 radical (unpaired) electrons. The van der Waals surface area contributed by atoms with Crippen LogP contribution in [0, 0.1) is 11.3 Å². The second-order valence-electron chi connectivity index (χ2n) is 6.70. The topological polar surface area (TPSA) is 3.24 Å². The van der Waals surface area contributed by atoms with Crippen molar-refractivity contribution in [2.24, 2.45) is 11.3 Å². The van der Waals surface area contributed by atoms with E-state index in [1.807, 2.05) is 0 Å². The molecule has 1 aliphatic heterocycles. The Hall–Kier alpha value is -1.08. The Morgan fingerprint density at radius 3 is 2.63 bits per heavy atom. The maximum absolute atomic E-state index is 2.61. The summed E-state index contributed by atoms with van der Waals surface area (Å²) in [7, 11) is 0. The number of hydrogen-bond donors (Lipinski definition) is 0. The molecule has 0 bridgehead atoms. The summed E-state index contributed by atoms with van der Waals surface area (Å²) in [6.45, 7) is 12.8. The van der Waals surface area contributed by atoms with Crippen molar-refractivity contribution in [2.45, 2.75) is 40.7 Å². The van der Waals surface area contributed by atoms with E-state index in [9.17, 15) is 0 Å². The zero-order valence-electron chi connectivity index (χ0n) is 12.8. The zero-order valence-corrected chi connectivity index (χ0v) is 12.8. The van der Waals surface area contributed by atoms with Crippen LogP contribution in [0.15, 0.2) is 42.0 Å². The van der Waals surface area contributed by atoms with Crippen LogP contribution in [-0.4, -0.2) is 18.0 Å². The third-order valence-electron chi connectivity index (χ3n) is 4.53. The van der Waals surface area contributed by atoms with Crippen LogP contribution in [0.3, 0.4) is 0 Å². The van der Waals surface area contributed by atoms with E-state index in [1.54, 1.807) is 0 Å². The summed E-state index contributed by atoms with van der Waals surface area (Å²) >= 11 is 0. The van der Waals surface area contributed by atoms with E-state index in [0.29, 0.717) is 5.41 Å². The van der Waals surface area contributed by atoms with Gasteiger partial charge in [0.1, 0.15) is 0 Å². The minimum Gasteiger partial charge on any atom is -0.298 e. The lowest BCUT2D eigenvalue weighted by atomic mass is 9.78. The summed E-state index contributed by atoms with van der Waals surface area (Å²) in [6, 6.07) is 10.8. The second-order valence-corrected chi connectivity index (χ2v) is 6.70. The fraction of sp³-hybridized carbons (Fsp3) is 0.556. The third kappa shape index (κ3) is 3.70. The predicted octanol–water partition coefficient (Wildman–Crippen LogP) is 4.50. The second kappa shape index (κ2) is 5.92. The molecular weight excluding hydrogens is 230 g/mol. The van der Waals surface area contributed by atoms with E-state index in [-0.39, 0.29) is 0 Å². The summed E-state index contributed by atoms with van der Waals surface area (Å²) in [4.78, 5) is 2.61. The average Bonchev–Trinajstić information content (AvgIpc) is 2.64. The number of hydrogen-bond acceptors (Lipinski definition) is 1. The first-order valence-electron chi connectivity index (χ1n) is 7.39. The lowest BCUT2D eigenvalue weighted by molar-refractivity contribution is 0.251. The number of likely N-dealkylation sites (tertiary alicyclic amines) is 1. The summed E-state index contributed by atoms with van der Waals surface area (Å²) in [5, 5.41) is 0. The van der Waals surface area contributed by atoms with Gasteiger partial charge in [0.25, 0.3) is 0 Å². The fourth-order valence-corrected chi connectivity index (χ4v) is 3.00. The smallest absolute Gasteiger partial charge is 0.0234 e. The summed E-state index contributed by atoms with van der Waals surface area (Å²) < 4.78 is 0. The third-order valence-corrected chi connectivity index (χ3v) is 4.53. The molecule has 1 aromatic carbocycles. The van der Waals surface area contributed by atoms with Gasteiger partial charge < -0.3 is 0 Å². The van der Waals surface area contributed by atoms with Crippen LogP contribution in [0.1, 0.15) is 39.7 Å². The summed E-state index contributed by atoms with van der Waals surface area (Å²) in [5.74, 6) is 0.770. The van der Waals surface area contributed by atoms with E-state index < -0.39 is 0 Å². The first-order chi connectivity index (χ1) is 8.99. The van der Waals surface area contributed by atoms with Gasteiger partial charge in [-0.05, 0) is 37.2 Å². The molecule has 1 heterocycles. The van der Waals surface area contributed by atoms with Gasteiger partial charge in [0.2, 0.25) is 0 Å². The van der Waals surface area contributed by atoms with Crippen molar-refractivity contribution in [1.82, 2.24) is 4.90 Å². The monoisotopic (exact) mass is 257 g/mol. The van der Waals surface area contributed by atoms with Crippen molar-refractivity contribution < 1.29 is 0 Å². The number of nitrogens with zero attached hydrogens (tertiary/aromatic N) is 1. The molecule has 2 atom stereocenters. The molecule has 0 unspecified atom stereocenters. The SMILES string of the molecule is CC(C)=CC[C@]1(C)CN(Cc2ccccc2)C[C@@H]1C. The Kier molecular flexibility index (Phi) is 4.46. The molecule has 1 fully saturated rings. The standard InChI is InChI=1S/C18H27N/c1-15(2)10-11-18(4)14-19(12-16(18)3)13-17-8-6-5-7-9-17/h5-10,16H,11-14H2,1-4H3/t16-,18+/m0/s1. The molecule has 0 spiro atoms. The molecule has 1 nitrogen and oxygen atoms in total. The minimum absolute atomic E-state index is 0.437. The highest BCUT2D eigenvalue weighted by Gasteiger charge is 2.39. The molecule has 1 aromatic rings. The van der Waals surface area contributed by atoms with E-state index in [2.05, 4.69) is 69.0 Å². The highest BCUT2D eigenvalue weighted by atomic mass is 15.2. The van der Waals surface area contributed by atoms with E-state index in [4.69, 9.17) is 0 Å². The number of benzene rings is 1. The average molecular weight is 257 g/mol. The van der Waals surface area contributed by atoms with Crippen LogP contribution >= 0.6 is 0 Å². The molecule has 104 valence electrons. The lowest BCUT2D eigenvalue weighted by Gasteiger charge is -2.27. The molecule has 0 aliphatic carbocycles. The Morgan fingerprint density at radius 2 is 2.00 bits per heavy atom. The van der Waals surface area contributed by atoms with Crippen molar-refractivity contribution in [2.75, 3.05) is 13.1 Å². The molecule has 1 saturated heterocycles. The number of allylic oxidation sites excluding steroid dienone is 2. The largest absolute Gasteiger partial charge is 0.298 e. The van der Waals surface area contributed by atoms with Gasteiger partial charge in [-0.3, -0.25) is 4.90 Å². The van der Waals surface area contributed by atoms with Gasteiger partial charge in [-0.2, -0.15) is 0 Å². The molecule has 0 aromatic heterocycles. The Bertz CT molecular complexity index is 430. The molecule has 2 rings (SSSR count). The Labute approximate surface area is 118 Å². The van der Waals surface area contributed by atoms with Gasteiger partial charge in [-0.25, -0.2) is 0 Å². The molecule has 0 N–H and O–H groups in total. The van der Waals surface area contributed by atoms with Crippen LogP contribution in [0.25, 0.3) is 0 Å². The van der Waals surface area contributed by atoms with Gasteiger partial charge in [-0.15, -0.1) is 0 Å². The highest BCUT2D eigenvalue weighted by molar-refractivity contribution is 5.15. The predicted molar refractivity (Wildman–Crippen MR) is 83.0 cm³/mol. The summed E-state index contributed by atoms with van der Waals surface area (Å²) in [5.41, 5.74) is 3.31. The first kappa shape index (κ1) is 14.3. The minimum atomic E-state index is 0.437. The summed E-state index contributed by atoms with van der Waals surface area (Å²) in [6.07, 6.45) is 3.62. The molecular formula is C18H27N. The van der Waals surface area contributed by atoms with Gasteiger partial charge in [0.15, 0.2) is 0 Å². The fourth-order valence-electron chi connectivity index (χ4n) is 3.00. The van der Waals surface area contributed by atoms with Crippen molar-refractivity contribution in [3.05, 3.63) is 47.5 Å². The van der Waals surface area contributed by atoms with Gasteiger partial charge >= 0.3 is 0 Å². The van der Waals surface area contributed by atoms with Gasteiger partial charge in [0, 0.05) is 19.6 Å². The van der Waals surface area contributed by atoms with Crippen molar-refractivity contribution in [1.29, 1.82) is 0 Å². The van der Waals surface area contributed by atoms with E-state index in [1.165, 1.54) is 30.6 Å². The zero-order chi connectivity index (χ0) is 13.9. The Morgan fingerprint density at radius 1 is 1.32 bits per heavy atom. The molecule has 1 aliphatic rings. The van der Waals surface area contributed by atoms with Crippen LogP contribution in [0.2, 0.25) is 0 Å². The van der Waals surface area contributed by atoms with Crippen molar-refractivity contribution in [3.63, 3.8) is 0 Å². The van der Waals surface area contributed by atoms with Crippen LogP contribution in [0.5, 0.6) is 0 Å². The number of rotatable bonds is 4. The van der Waals surface area contributed by atoms with Crippen LogP contribution < -0.4 is 0 Å². The van der Waals surface area contributed by atoms with Crippen molar-refractivity contribution in [3.8, 4) is 0 Å². The molecule has 1 heteroatoms. The van der Waals surface area contributed by atoms with Gasteiger partial charge in [0.05, 0.1) is 0 Å². The van der Waals surface area contributed by atoms with E-state index in [0.717, 1.165) is 12.5 Å². The van der Waals surface area contributed by atoms with Crippen LogP contribution in [-0.2, 0) is 6.54 Å². The Balaban J connectivity index is 1.99. The maximum atomic E-state index is 2.61.